The summed E-state index contributed by atoms with van der Waals surface area (Å²) in [4.78, 5) is 3.79. The van der Waals surface area contributed by atoms with Gasteiger partial charge < -0.3 is 15.5 Å². The number of aromatic nitrogens is 1. The van der Waals surface area contributed by atoms with Crippen LogP contribution in [0.15, 0.2) is 17.0 Å². The van der Waals surface area contributed by atoms with Crippen molar-refractivity contribution < 1.29 is 4.42 Å². The molecule has 3 N–H and O–H groups in total. The molecular weight excluding hydrogens is 142 g/mol. The van der Waals surface area contributed by atoms with Gasteiger partial charge >= 0.3 is 0 Å². The van der Waals surface area contributed by atoms with Crippen LogP contribution in [-0.2, 0) is 6.54 Å². The fourth-order valence-electron chi connectivity index (χ4n) is 0.688. The molecular formula is C7H13N3O. The molecule has 0 bridgehead atoms. The van der Waals surface area contributed by atoms with Gasteiger partial charge in [-0.05, 0) is 6.92 Å². The molecule has 0 aliphatic carbocycles. The van der Waals surface area contributed by atoms with Gasteiger partial charge in [-0.2, -0.15) is 0 Å². The summed E-state index contributed by atoms with van der Waals surface area (Å²) in [6, 6.07) is 0.320. The van der Waals surface area contributed by atoms with Gasteiger partial charge in [0.1, 0.15) is 5.76 Å². The molecule has 0 saturated carbocycles. The minimum absolute atomic E-state index is 0.320. The lowest BCUT2D eigenvalue weighted by Gasteiger charge is -2.08. The molecule has 0 aromatic carbocycles. The van der Waals surface area contributed by atoms with Gasteiger partial charge in [0.2, 0.25) is 0 Å². The zero-order chi connectivity index (χ0) is 8.10. The maximum Gasteiger partial charge on any atom is 0.180 e. The highest BCUT2D eigenvalue weighted by Gasteiger charge is 1.99. The number of hydrogen-bond acceptors (Lipinski definition) is 4. The first-order valence-electron chi connectivity index (χ1n) is 3.63. The Kier molecular flexibility index (Phi) is 3.07. The monoisotopic (exact) mass is 155 g/mol. The van der Waals surface area contributed by atoms with E-state index in [1.807, 2.05) is 6.92 Å². The molecule has 62 valence electrons. The highest BCUT2D eigenvalue weighted by Crippen LogP contribution is 1.95. The van der Waals surface area contributed by atoms with E-state index in [0.29, 0.717) is 19.1 Å². The van der Waals surface area contributed by atoms with Crippen molar-refractivity contribution in [1.82, 2.24) is 10.3 Å². The summed E-state index contributed by atoms with van der Waals surface area (Å²) in [7, 11) is 0. The Bertz CT molecular complexity index is 186. The molecule has 1 atom stereocenters. The summed E-state index contributed by atoms with van der Waals surface area (Å²) in [5.41, 5.74) is 5.40. The summed E-state index contributed by atoms with van der Waals surface area (Å²) in [6.45, 7) is 3.35. The number of hydrogen-bond donors (Lipinski definition) is 2. The second-order valence-corrected chi connectivity index (χ2v) is 2.49. The molecule has 1 rings (SSSR count). The van der Waals surface area contributed by atoms with E-state index in [-0.39, 0.29) is 0 Å². The average Bonchev–Trinajstić information content (AvgIpc) is 2.52. The number of nitrogens with zero attached hydrogens (tertiary/aromatic N) is 1. The molecule has 0 saturated heterocycles. The standard InChI is InChI=1S/C7H13N3O/c1-6(2-8)10-4-7-3-9-5-11-7/h3,5-6,10H,2,4,8H2,1H3/t6-/m1/s1. The molecule has 0 amide bonds. The van der Waals surface area contributed by atoms with Crippen LogP contribution in [0.1, 0.15) is 12.7 Å². The van der Waals surface area contributed by atoms with Crippen LogP contribution in [0.5, 0.6) is 0 Å². The van der Waals surface area contributed by atoms with E-state index in [2.05, 4.69) is 10.3 Å². The fourth-order valence-corrected chi connectivity index (χ4v) is 0.688. The summed E-state index contributed by atoms with van der Waals surface area (Å²) in [5, 5.41) is 3.18. The van der Waals surface area contributed by atoms with Crippen molar-refractivity contribution in [1.29, 1.82) is 0 Å². The van der Waals surface area contributed by atoms with Gasteiger partial charge in [0.25, 0.3) is 0 Å². The van der Waals surface area contributed by atoms with E-state index in [9.17, 15) is 0 Å². The number of nitrogens with two attached hydrogens (primary N) is 1. The van der Waals surface area contributed by atoms with Crippen LogP contribution in [-0.4, -0.2) is 17.6 Å². The second-order valence-electron chi connectivity index (χ2n) is 2.49. The Morgan fingerprint density at radius 3 is 3.18 bits per heavy atom. The third-order valence-corrected chi connectivity index (χ3v) is 1.46. The normalized spacial score (nSPS) is 13.3. The van der Waals surface area contributed by atoms with Crippen molar-refractivity contribution in [2.75, 3.05) is 6.54 Å². The van der Waals surface area contributed by atoms with Crippen LogP contribution < -0.4 is 11.1 Å². The maximum atomic E-state index is 5.40. The molecule has 1 heterocycles. The van der Waals surface area contributed by atoms with E-state index in [1.165, 1.54) is 6.39 Å². The van der Waals surface area contributed by atoms with Gasteiger partial charge in [0.05, 0.1) is 12.7 Å². The number of oxazole rings is 1. The lowest BCUT2D eigenvalue weighted by Crippen LogP contribution is -2.32. The molecule has 0 spiro atoms. The third kappa shape index (κ3) is 2.69. The minimum atomic E-state index is 0.320. The van der Waals surface area contributed by atoms with Crippen LogP contribution in [0.4, 0.5) is 0 Å². The predicted octanol–water partition coefficient (Wildman–Crippen LogP) is 0.111. The van der Waals surface area contributed by atoms with Gasteiger partial charge in [0.15, 0.2) is 6.39 Å². The lowest BCUT2D eigenvalue weighted by molar-refractivity contribution is 0.455. The Hall–Kier alpha value is -0.870. The topological polar surface area (TPSA) is 64.1 Å². The molecule has 4 heteroatoms. The first-order valence-corrected chi connectivity index (χ1v) is 3.63. The molecule has 0 aliphatic rings. The summed E-state index contributed by atoms with van der Waals surface area (Å²) < 4.78 is 5.01. The van der Waals surface area contributed by atoms with Crippen molar-refractivity contribution in [3.05, 3.63) is 18.4 Å². The van der Waals surface area contributed by atoms with E-state index in [1.54, 1.807) is 6.20 Å². The van der Waals surface area contributed by atoms with Gasteiger partial charge in [-0.1, -0.05) is 0 Å². The van der Waals surface area contributed by atoms with Crippen LogP contribution >= 0.6 is 0 Å². The number of nitrogens with one attached hydrogen (secondary N) is 1. The molecule has 0 fully saturated rings. The fraction of sp³-hybridized carbons (Fsp3) is 0.571. The Labute approximate surface area is 65.8 Å². The molecule has 4 nitrogen and oxygen atoms in total. The first-order chi connectivity index (χ1) is 5.33. The first kappa shape index (κ1) is 8.23. The number of rotatable bonds is 4. The third-order valence-electron chi connectivity index (χ3n) is 1.46. The summed E-state index contributed by atoms with van der Waals surface area (Å²) >= 11 is 0. The Morgan fingerprint density at radius 2 is 2.64 bits per heavy atom. The molecule has 11 heavy (non-hydrogen) atoms. The van der Waals surface area contributed by atoms with E-state index in [4.69, 9.17) is 10.2 Å². The molecule has 0 aliphatic heterocycles. The minimum Gasteiger partial charge on any atom is -0.447 e. The van der Waals surface area contributed by atoms with Gasteiger partial charge in [-0.25, -0.2) is 4.98 Å². The van der Waals surface area contributed by atoms with Crippen molar-refractivity contribution in [3.8, 4) is 0 Å². The molecule has 0 unspecified atom stereocenters. The maximum absolute atomic E-state index is 5.40. The zero-order valence-electron chi connectivity index (χ0n) is 6.58. The van der Waals surface area contributed by atoms with Crippen LogP contribution in [0.2, 0.25) is 0 Å². The largest absolute Gasteiger partial charge is 0.447 e. The van der Waals surface area contributed by atoms with E-state index >= 15 is 0 Å². The second kappa shape index (κ2) is 4.10. The van der Waals surface area contributed by atoms with Crippen molar-refractivity contribution in [3.63, 3.8) is 0 Å². The Morgan fingerprint density at radius 1 is 1.82 bits per heavy atom. The molecule has 1 aromatic heterocycles. The SMILES string of the molecule is C[C@H](CN)NCc1cnco1. The van der Waals surface area contributed by atoms with Gasteiger partial charge in [-0.15, -0.1) is 0 Å². The van der Waals surface area contributed by atoms with Crippen LogP contribution in [0.25, 0.3) is 0 Å². The highest BCUT2D eigenvalue weighted by atomic mass is 16.3. The van der Waals surface area contributed by atoms with Crippen molar-refractivity contribution in [2.45, 2.75) is 19.5 Å². The quantitative estimate of drug-likeness (QED) is 0.647. The van der Waals surface area contributed by atoms with Crippen molar-refractivity contribution in [2.24, 2.45) is 5.73 Å². The predicted molar refractivity (Wildman–Crippen MR) is 41.9 cm³/mol. The van der Waals surface area contributed by atoms with E-state index in [0.717, 1.165) is 5.76 Å². The van der Waals surface area contributed by atoms with E-state index < -0.39 is 0 Å². The van der Waals surface area contributed by atoms with Gasteiger partial charge in [-0.3, -0.25) is 0 Å². The lowest BCUT2D eigenvalue weighted by atomic mass is 10.3. The smallest absolute Gasteiger partial charge is 0.180 e. The highest BCUT2D eigenvalue weighted by molar-refractivity contribution is 4.87. The van der Waals surface area contributed by atoms with Gasteiger partial charge in [0, 0.05) is 12.6 Å². The van der Waals surface area contributed by atoms with Crippen molar-refractivity contribution >= 4 is 0 Å². The Balaban J connectivity index is 2.23. The van der Waals surface area contributed by atoms with Crippen LogP contribution in [0.3, 0.4) is 0 Å². The zero-order valence-corrected chi connectivity index (χ0v) is 6.58. The average molecular weight is 155 g/mol. The summed E-state index contributed by atoms with van der Waals surface area (Å²) in [5.74, 6) is 0.838. The molecule has 1 aromatic rings. The summed E-state index contributed by atoms with van der Waals surface area (Å²) in [6.07, 6.45) is 3.11. The van der Waals surface area contributed by atoms with Crippen LogP contribution in [0, 0.1) is 0 Å². The molecule has 0 radical (unpaired) electrons.